The maximum atomic E-state index is 13.0. The Bertz CT molecular complexity index is 1520. The number of aromatic amines is 1. The fourth-order valence-electron chi connectivity index (χ4n) is 4.40. The van der Waals surface area contributed by atoms with Gasteiger partial charge < -0.3 is 19.4 Å². The van der Waals surface area contributed by atoms with Gasteiger partial charge >= 0.3 is 0 Å². The van der Waals surface area contributed by atoms with Gasteiger partial charge in [-0.2, -0.15) is 0 Å². The summed E-state index contributed by atoms with van der Waals surface area (Å²) < 4.78 is 37.2. The Kier molecular flexibility index (Phi) is 7.52. The van der Waals surface area contributed by atoms with Crippen LogP contribution in [0, 0.1) is 0 Å². The number of anilines is 1. The normalized spacial score (nSPS) is 16.1. The highest BCUT2D eigenvalue weighted by Gasteiger charge is 2.25. The van der Waals surface area contributed by atoms with Crippen LogP contribution in [0.25, 0.3) is 33.7 Å². The topological polar surface area (TPSA) is 110 Å². The average Bonchev–Trinajstić information content (AvgIpc) is 3.37. The zero-order valence-corrected chi connectivity index (χ0v) is 21.5. The molecule has 4 aromatic rings. The highest BCUT2D eigenvalue weighted by Crippen LogP contribution is 2.36. The molecule has 0 amide bonds. The van der Waals surface area contributed by atoms with Crippen molar-refractivity contribution in [2.75, 3.05) is 31.8 Å². The molecule has 1 fully saturated rings. The van der Waals surface area contributed by atoms with Crippen molar-refractivity contribution in [2.45, 2.75) is 44.4 Å². The van der Waals surface area contributed by atoms with Gasteiger partial charge in [0, 0.05) is 41.5 Å². The maximum absolute atomic E-state index is 13.0. The van der Waals surface area contributed by atoms with Gasteiger partial charge in [0.1, 0.15) is 17.2 Å². The molecule has 9 nitrogen and oxygen atoms in total. The minimum Gasteiger partial charge on any atom is -0.496 e. The molecule has 1 N–H and O–H groups in total. The number of morpholine rings is 1. The molecule has 1 aromatic carbocycles. The van der Waals surface area contributed by atoms with Gasteiger partial charge in [0.25, 0.3) is 0 Å². The lowest BCUT2D eigenvalue weighted by molar-refractivity contribution is 0.0985. The number of methoxy groups -OCH3 is 1. The second-order valence-corrected chi connectivity index (χ2v) is 11.6. The molecule has 0 saturated carbocycles. The average molecular weight is 524 g/mol. The van der Waals surface area contributed by atoms with Gasteiger partial charge in [0.05, 0.1) is 42.2 Å². The lowest BCUT2D eigenvalue weighted by Crippen LogP contribution is -2.44. The smallest absolute Gasteiger partial charge is 0.180 e. The van der Waals surface area contributed by atoms with Gasteiger partial charge in [-0.05, 0) is 51.1 Å². The predicted molar refractivity (Wildman–Crippen MR) is 146 cm³/mol. The number of fused-ring (bicyclic) bond motifs is 1. The Morgan fingerprint density at radius 2 is 1.95 bits per heavy atom. The van der Waals surface area contributed by atoms with Crippen molar-refractivity contribution < 1.29 is 17.9 Å². The number of benzene rings is 1. The van der Waals surface area contributed by atoms with E-state index < -0.39 is 15.1 Å². The molecule has 5 rings (SSSR count). The molecular weight excluding hydrogens is 490 g/mol. The molecule has 37 heavy (non-hydrogen) atoms. The van der Waals surface area contributed by atoms with E-state index >= 15 is 0 Å². The molecule has 0 bridgehead atoms. The first kappa shape index (κ1) is 26.6. The van der Waals surface area contributed by atoms with Gasteiger partial charge in [0.15, 0.2) is 15.7 Å². The van der Waals surface area contributed by atoms with Crippen molar-refractivity contribution in [1.29, 1.82) is 0 Å². The van der Waals surface area contributed by atoms with Crippen LogP contribution in [0.2, 0.25) is 0 Å². The molecular formula is C27H33N5O4S. The first-order valence-electron chi connectivity index (χ1n) is 11.9. The molecule has 0 unspecified atom stereocenters. The molecule has 10 heteroatoms. The Morgan fingerprint density at radius 1 is 1.14 bits per heavy atom. The second-order valence-electron chi connectivity index (χ2n) is 9.11. The van der Waals surface area contributed by atoms with Crippen molar-refractivity contribution in [3.63, 3.8) is 0 Å². The number of ether oxygens (including phenoxy) is 2. The Labute approximate surface area is 217 Å². The summed E-state index contributed by atoms with van der Waals surface area (Å²) in [5, 5.41) is 0.349. The maximum Gasteiger partial charge on any atom is 0.180 e. The minimum atomic E-state index is -3.49. The van der Waals surface area contributed by atoms with Crippen LogP contribution in [0.3, 0.4) is 0 Å². The summed E-state index contributed by atoms with van der Waals surface area (Å²) >= 11 is 0. The first-order valence-corrected chi connectivity index (χ1v) is 13.4. The number of nitrogens with zero attached hydrogens (tertiary/aromatic N) is 4. The third-order valence-electron chi connectivity index (χ3n) is 6.47. The zero-order chi connectivity index (χ0) is 25.4. The zero-order valence-electron chi connectivity index (χ0n) is 20.7. The second kappa shape index (κ2) is 10.5. The van der Waals surface area contributed by atoms with E-state index in [1.165, 1.54) is 0 Å². The summed E-state index contributed by atoms with van der Waals surface area (Å²) in [5.41, 5.74) is 2.73. The quantitative estimate of drug-likeness (QED) is 0.386. The van der Waals surface area contributed by atoms with Crippen LogP contribution in [0.4, 0.5) is 5.82 Å². The molecule has 0 spiro atoms. The standard InChI is InChI=1S/C26H29N5O4S.CH4/c1-16(2)36(32,33)18-5-6-23(34-4)21(13-18)22-14-24(31-11-12-35-15-17(31)3)30-26(29-22)20-8-10-28-25-19(20)7-9-27-25;/h5-10,13-14,16-17H,11-12,15H2,1-4H3,(H,27,28);1H4/t17-;/m1./s1. The van der Waals surface area contributed by atoms with E-state index in [9.17, 15) is 8.42 Å². The van der Waals surface area contributed by atoms with Gasteiger partial charge in [-0.1, -0.05) is 7.43 Å². The van der Waals surface area contributed by atoms with Crippen molar-refractivity contribution in [2.24, 2.45) is 0 Å². The highest BCUT2D eigenvalue weighted by atomic mass is 32.2. The van der Waals surface area contributed by atoms with Crippen LogP contribution in [-0.2, 0) is 14.6 Å². The van der Waals surface area contributed by atoms with E-state index in [4.69, 9.17) is 19.4 Å². The van der Waals surface area contributed by atoms with E-state index in [0.29, 0.717) is 42.6 Å². The van der Waals surface area contributed by atoms with Crippen LogP contribution in [0.15, 0.2) is 53.7 Å². The summed E-state index contributed by atoms with van der Waals surface area (Å²) in [6.07, 6.45) is 3.55. The lowest BCUT2D eigenvalue weighted by Gasteiger charge is -2.34. The minimum absolute atomic E-state index is 0. The third kappa shape index (κ3) is 4.91. The Balaban J connectivity index is 0.00000320. The lowest BCUT2D eigenvalue weighted by atomic mass is 10.1. The Morgan fingerprint density at radius 3 is 2.68 bits per heavy atom. The number of rotatable bonds is 6. The Hall–Kier alpha value is -3.50. The number of hydrogen-bond donors (Lipinski definition) is 1. The van der Waals surface area contributed by atoms with Crippen molar-refractivity contribution in [3.05, 3.63) is 48.8 Å². The third-order valence-corrected chi connectivity index (χ3v) is 8.62. The number of pyridine rings is 1. The fraction of sp³-hybridized carbons (Fsp3) is 0.370. The monoisotopic (exact) mass is 523 g/mol. The molecule has 3 aromatic heterocycles. The summed E-state index contributed by atoms with van der Waals surface area (Å²) in [7, 11) is -1.93. The van der Waals surface area contributed by atoms with Gasteiger partial charge in [-0.3, -0.25) is 0 Å². The first-order chi connectivity index (χ1) is 17.3. The highest BCUT2D eigenvalue weighted by molar-refractivity contribution is 7.92. The number of hydrogen-bond acceptors (Lipinski definition) is 8. The molecule has 1 saturated heterocycles. The number of aromatic nitrogens is 4. The van der Waals surface area contributed by atoms with Crippen molar-refractivity contribution in [1.82, 2.24) is 19.9 Å². The molecule has 0 radical (unpaired) electrons. The van der Waals surface area contributed by atoms with Crippen LogP contribution < -0.4 is 9.64 Å². The van der Waals surface area contributed by atoms with Crippen LogP contribution in [0.1, 0.15) is 28.2 Å². The van der Waals surface area contributed by atoms with Crippen LogP contribution in [0.5, 0.6) is 5.75 Å². The number of H-pyrrole nitrogens is 1. The van der Waals surface area contributed by atoms with Crippen LogP contribution >= 0.6 is 0 Å². The van der Waals surface area contributed by atoms with E-state index in [2.05, 4.69) is 21.8 Å². The summed E-state index contributed by atoms with van der Waals surface area (Å²) in [6.45, 7) is 7.32. The summed E-state index contributed by atoms with van der Waals surface area (Å²) in [6, 6.07) is 10.8. The van der Waals surface area contributed by atoms with Crippen molar-refractivity contribution in [3.8, 4) is 28.4 Å². The largest absolute Gasteiger partial charge is 0.496 e. The summed E-state index contributed by atoms with van der Waals surface area (Å²) in [4.78, 5) is 19.8. The molecule has 1 aliphatic heterocycles. The number of sulfone groups is 1. The summed E-state index contributed by atoms with van der Waals surface area (Å²) in [5.74, 6) is 1.79. The molecule has 1 atom stereocenters. The van der Waals surface area contributed by atoms with Crippen LogP contribution in [-0.4, -0.2) is 66.5 Å². The molecule has 4 heterocycles. The van der Waals surface area contributed by atoms with Gasteiger partial charge in [-0.15, -0.1) is 0 Å². The molecule has 196 valence electrons. The predicted octanol–water partition coefficient (Wildman–Crippen LogP) is 4.74. The van der Waals surface area contributed by atoms with Gasteiger partial charge in [-0.25, -0.2) is 23.4 Å². The van der Waals surface area contributed by atoms with E-state index in [1.54, 1.807) is 45.4 Å². The van der Waals surface area contributed by atoms with E-state index in [0.717, 1.165) is 22.4 Å². The number of nitrogens with one attached hydrogen (secondary N) is 1. The van der Waals surface area contributed by atoms with Gasteiger partial charge in [0.2, 0.25) is 0 Å². The van der Waals surface area contributed by atoms with E-state index in [-0.39, 0.29) is 18.4 Å². The van der Waals surface area contributed by atoms with Crippen molar-refractivity contribution >= 4 is 26.7 Å². The van der Waals surface area contributed by atoms with E-state index in [1.807, 2.05) is 24.4 Å². The molecule has 0 aliphatic carbocycles. The SMILES string of the molecule is C.COc1ccc(S(=O)(=O)C(C)C)cc1-c1cc(N2CCOC[C@H]2C)nc(-c2ccnc3[nH]ccc23)n1. The molecule has 1 aliphatic rings. The fourth-order valence-corrected chi connectivity index (χ4v) is 5.48.